The number of aliphatic hydroxyl groups is 1. The van der Waals surface area contributed by atoms with Crippen molar-refractivity contribution in [3.05, 3.63) is 11.6 Å². The van der Waals surface area contributed by atoms with E-state index in [1.54, 1.807) is 6.92 Å². The Morgan fingerprint density at radius 1 is 1.27 bits per heavy atom. The average Bonchev–Trinajstić information content (AvgIpc) is 2.83. The first-order valence-electron chi connectivity index (χ1n) is 8.33. The maximum absolute atomic E-state index is 12.6. The molecule has 0 aromatic rings. The molecule has 2 nitrogen and oxygen atoms in total. The number of halogens is 6. The maximum Gasteiger partial charge on any atom is 0.438 e. The van der Waals surface area contributed by atoms with Crippen LogP contribution in [0.2, 0.25) is 0 Å². The number of fused-ring (bicyclic) bond motifs is 1. The van der Waals surface area contributed by atoms with Crippen molar-refractivity contribution in [1.82, 2.24) is 0 Å². The van der Waals surface area contributed by atoms with Gasteiger partial charge in [-0.15, -0.1) is 0 Å². The lowest BCUT2D eigenvalue weighted by atomic mass is 9.63. The monoisotopic (exact) mass is 382 g/mol. The summed E-state index contributed by atoms with van der Waals surface area (Å²) in [6.45, 7) is 3.58. The fourth-order valence-corrected chi connectivity index (χ4v) is 4.06. The molecule has 3 atom stereocenters. The first kappa shape index (κ1) is 20.8. The van der Waals surface area contributed by atoms with Crippen molar-refractivity contribution < 1.29 is 36.2 Å². The summed E-state index contributed by atoms with van der Waals surface area (Å²) in [6, 6.07) is 0. The molecule has 8 heteroatoms. The largest absolute Gasteiger partial charge is 0.438 e. The van der Waals surface area contributed by atoms with Crippen molar-refractivity contribution in [3.8, 4) is 11.8 Å². The van der Waals surface area contributed by atoms with Gasteiger partial charge in [0.05, 0.1) is 0 Å². The molecule has 0 aliphatic heterocycles. The van der Waals surface area contributed by atoms with Crippen LogP contribution >= 0.6 is 0 Å². The van der Waals surface area contributed by atoms with Crippen LogP contribution in [0.1, 0.15) is 46.0 Å². The Bertz CT molecular complexity index is 650. The van der Waals surface area contributed by atoms with Gasteiger partial charge < -0.3 is 5.11 Å². The third kappa shape index (κ3) is 3.38. The Labute approximate surface area is 147 Å². The molecule has 0 spiro atoms. The molecule has 0 bridgehead atoms. The molecule has 0 saturated heterocycles. The minimum absolute atomic E-state index is 0.145. The van der Waals surface area contributed by atoms with Crippen LogP contribution < -0.4 is 0 Å². The second-order valence-corrected chi connectivity index (χ2v) is 7.30. The summed E-state index contributed by atoms with van der Waals surface area (Å²) in [7, 11) is 0. The van der Waals surface area contributed by atoms with Gasteiger partial charge >= 0.3 is 18.0 Å². The zero-order valence-corrected chi connectivity index (χ0v) is 14.4. The Kier molecular flexibility index (Phi) is 5.28. The molecule has 0 aromatic carbocycles. The van der Waals surface area contributed by atoms with Gasteiger partial charge in [0.15, 0.2) is 0 Å². The van der Waals surface area contributed by atoms with Crippen molar-refractivity contribution in [2.45, 2.75) is 63.9 Å². The van der Waals surface area contributed by atoms with Gasteiger partial charge in [-0.25, -0.2) is 0 Å². The number of ketones is 1. The van der Waals surface area contributed by atoms with E-state index in [0.717, 1.165) is 17.9 Å². The molecule has 2 aliphatic carbocycles. The molecule has 26 heavy (non-hydrogen) atoms. The molecular weight excluding hydrogens is 362 g/mol. The van der Waals surface area contributed by atoms with Gasteiger partial charge in [0.25, 0.3) is 0 Å². The van der Waals surface area contributed by atoms with Crippen molar-refractivity contribution in [2.24, 2.45) is 17.3 Å². The molecule has 0 heterocycles. The third-order valence-electron chi connectivity index (χ3n) is 5.54. The highest BCUT2D eigenvalue weighted by Crippen LogP contribution is 2.53. The van der Waals surface area contributed by atoms with Crippen molar-refractivity contribution in [3.63, 3.8) is 0 Å². The van der Waals surface area contributed by atoms with Crippen LogP contribution in [-0.2, 0) is 4.79 Å². The summed E-state index contributed by atoms with van der Waals surface area (Å²) in [4.78, 5) is 12.1. The molecule has 3 unspecified atom stereocenters. The summed E-state index contributed by atoms with van der Waals surface area (Å²) in [5.41, 5.74) is -4.61. The van der Waals surface area contributed by atoms with Crippen molar-refractivity contribution in [1.29, 1.82) is 0 Å². The Morgan fingerprint density at radius 2 is 1.85 bits per heavy atom. The van der Waals surface area contributed by atoms with Crippen molar-refractivity contribution >= 4 is 5.78 Å². The van der Waals surface area contributed by atoms with Gasteiger partial charge in [-0.3, -0.25) is 4.79 Å². The lowest BCUT2D eigenvalue weighted by molar-refractivity contribution is -0.343. The highest BCUT2D eigenvalue weighted by molar-refractivity contribution is 5.84. The number of carbonyl (C=O) groups is 1. The second kappa shape index (κ2) is 6.59. The number of hydrogen-bond acceptors (Lipinski definition) is 2. The highest BCUT2D eigenvalue weighted by atomic mass is 19.4. The predicted octanol–water partition coefficient (Wildman–Crippen LogP) is 4.58. The summed E-state index contributed by atoms with van der Waals surface area (Å²) < 4.78 is 75.8. The predicted molar refractivity (Wildman–Crippen MR) is 81.8 cm³/mol. The van der Waals surface area contributed by atoms with Crippen LogP contribution in [-0.4, -0.2) is 28.8 Å². The van der Waals surface area contributed by atoms with E-state index in [1.807, 2.05) is 18.9 Å². The molecule has 0 amide bonds. The maximum atomic E-state index is 12.6. The lowest BCUT2D eigenvalue weighted by Crippen LogP contribution is -2.55. The van der Waals surface area contributed by atoms with Gasteiger partial charge in [0.1, 0.15) is 5.78 Å². The number of carbonyl (C=O) groups excluding carboxylic acids is 1. The van der Waals surface area contributed by atoms with E-state index in [9.17, 15) is 31.1 Å². The fraction of sp³-hybridized carbons (Fsp3) is 0.722. The number of alkyl halides is 6. The molecule has 2 aliphatic rings. The first-order valence-corrected chi connectivity index (χ1v) is 8.33. The quantitative estimate of drug-likeness (QED) is 0.431. The molecule has 0 radical (unpaired) electrons. The SMILES string of the molecule is CC(CC#CC(O)(C(F)(F)F)C(F)(F)F)C1=CCC2C(=O)CCCC12C. The van der Waals surface area contributed by atoms with Gasteiger partial charge in [0.2, 0.25) is 0 Å². The topological polar surface area (TPSA) is 37.3 Å². The molecule has 146 valence electrons. The van der Waals surface area contributed by atoms with Crippen LogP contribution in [0.5, 0.6) is 0 Å². The van der Waals surface area contributed by atoms with E-state index in [0.29, 0.717) is 19.3 Å². The minimum Gasteiger partial charge on any atom is -0.363 e. The summed E-state index contributed by atoms with van der Waals surface area (Å²) in [5, 5.41) is 9.05. The van der Waals surface area contributed by atoms with Crippen molar-refractivity contribution in [2.75, 3.05) is 0 Å². The highest BCUT2D eigenvalue weighted by Gasteiger charge is 2.70. The summed E-state index contributed by atoms with van der Waals surface area (Å²) in [5.74, 6) is 2.42. The Hall–Kier alpha value is -1.49. The van der Waals surface area contributed by atoms with Gasteiger partial charge in [-0.1, -0.05) is 31.4 Å². The third-order valence-corrected chi connectivity index (χ3v) is 5.54. The average molecular weight is 382 g/mol. The molecule has 1 N–H and O–H groups in total. The van der Waals surface area contributed by atoms with E-state index in [-0.39, 0.29) is 18.1 Å². The number of allylic oxidation sites excluding steroid dienone is 2. The molecular formula is C18H20F6O2. The second-order valence-electron chi connectivity index (χ2n) is 7.30. The van der Waals surface area contributed by atoms with Crippen LogP contribution in [0.25, 0.3) is 0 Å². The van der Waals surface area contributed by atoms with Crippen LogP contribution in [0, 0.1) is 29.1 Å². The normalized spacial score (nSPS) is 28.1. The van der Waals surface area contributed by atoms with E-state index >= 15 is 0 Å². The lowest BCUT2D eigenvalue weighted by Gasteiger charge is -2.39. The summed E-state index contributed by atoms with van der Waals surface area (Å²) >= 11 is 0. The van der Waals surface area contributed by atoms with Crippen LogP contribution in [0.4, 0.5) is 26.3 Å². The first-order chi connectivity index (χ1) is 11.7. The molecule has 2 rings (SSSR count). The van der Waals surface area contributed by atoms with Crippen LogP contribution in [0.15, 0.2) is 11.6 Å². The van der Waals surface area contributed by atoms with E-state index in [1.165, 1.54) is 0 Å². The molecule has 1 fully saturated rings. The summed E-state index contributed by atoms with van der Waals surface area (Å²) in [6.07, 6.45) is -7.79. The Balaban J connectivity index is 2.18. The fourth-order valence-electron chi connectivity index (χ4n) is 4.06. The molecule has 0 aromatic heterocycles. The number of Topliss-reactive ketones (excluding diaryl/α,β-unsaturated/α-hetero) is 1. The Morgan fingerprint density at radius 3 is 2.38 bits per heavy atom. The minimum atomic E-state index is -5.94. The standard InChI is InChI=1S/C18H20F6O2/c1-11(5-3-10-16(26,17(19,20)21)18(22,23)24)12-7-8-13-14(25)6-4-9-15(12,13)2/h7,11,13,26H,4-6,8-9H2,1-2H3. The zero-order chi connectivity index (χ0) is 20.0. The van der Waals surface area contributed by atoms with Gasteiger partial charge in [-0.2, -0.15) is 26.3 Å². The van der Waals surface area contributed by atoms with Crippen LogP contribution in [0.3, 0.4) is 0 Å². The van der Waals surface area contributed by atoms with E-state index < -0.39 is 29.3 Å². The molecule has 1 saturated carbocycles. The zero-order valence-electron chi connectivity index (χ0n) is 14.4. The van der Waals surface area contributed by atoms with E-state index in [2.05, 4.69) is 0 Å². The number of hydrogen-bond donors (Lipinski definition) is 1. The smallest absolute Gasteiger partial charge is 0.363 e. The van der Waals surface area contributed by atoms with Gasteiger partial charge in [-0.05, 0) is 36.5 Å². The van der Waals surface area contributed by atoms with Gasteiger partial charge in [0, 0.05) is 18.8 Å². The number of rotatable bonds is 2. The van der Waals surface area contributed by atoms with E-state index in [4.69, 9.17) is 5.11 Å².